The molecule has 3 N–H and O–H groups in total. The van der Waals surface area contributed by atoms with E-state index in [0.717, 1.165) is 68.6 Å². The second-order valence-corrected chi connectivity index (χ2v) is 17.7. The number of amides is 6. The van der Waals surface area contributed by atoms with Gasteiger partial charge in [-0.15, -0.1) is 12.4 Å². The van der Waals surface area contributed by atoms with Gasteiger partial charge in [-0.25, -0.2) is 0 Å². The van der Waals surface area contributed by atoms with Crippen molar-refractivity contribution in [1.29, 1.82) is 0 Å². The third-order valence-corrected chi connectivity index (χ3v) is 12.3. The number of nitrogens with zero attached hydrogens (tertiary/aromatic N) is 4. The Morgan fingerprint density at radius 2 is 1.07 bits per heavy atom. The van der Waals surface area contributed by atoms with Gasteiger partial charge in [-0.05, 0) is 132 Å². The Kier molecular flexibility index (Phi) is 14.0. The van der Waals surface area contributed by atoms with Crippen LogP contribution in [0.3, 0.4) is 0 Å². The molecule has 2 aromatic carbocycles. The van der Waals surface area contributed by atoms with Gasteiger partial charge in [-0.3, -0.25) is 58.8 Å². The van der Waals surface area contributed by atoms with Crippen molar-refractivity contribution in [3.05, 3.63) is 69.8 Å². The van der Waals surface area contributed by atoms with E-state index in [9.17, 15) is 38.4 Å². The highest BCUT2D eigenvalue weighted by Gasteiger charge is 2.41. The van der Waals surface area contributed by atoms with Gasteiger partial charge in [0, 0.05) is 37.1 Å². The van der Waals surface area contributed by atoms with Gasteiger partial charge >= 0.3 is 11.9 Å². The number of rotatable bonds is 8. The lowest BCUT2D eigenvalue weighted by molar-refractivity contribution is -0.156. The number of aliphatic carboxylic acids is 1. The summed E-state index contributed by atoms with van der Waals surface area (Å²) in [4.78, 5) is 103. The number of benzene rings is 2. The lowest BCUT2D eigenvalue weighted by Gasteiger charge is -2.32. The zero-order chi connectivity index (χ0) is 42.9. The van der Waals surface area contributed by atoms with E-state index in [-0.39, 0.29) is 67.3 Å². The van der Waals surface area contributed by atoms with Crippen LogP contribution in [0, 0.1) is 0 Å². The summed E-state index contributed by atoms with van der Waals surface area (Å²) in [6.07, 6.45) is 4.87. The van der Waals surface area contributed by atoms with E-state index in [1.54, 1.807) is 9.80 Å². The fraction of sp³-hybridized carbons (Fsp3) is 0.545. The molecule has 6 heterocycles. The summed E-state index contributed by atoms with van der Waals surface area (Å²) in [5, 5.41) is 13.6. The van der Waals surface area contributed by atoms with Crippen molar-refractivity contribution in [2.45, 2.75) is 115 Å². The molecule has 0 aliphatic carbocycles. The molecule has 2 unspecified atom stereocenters. The average Bonchev–Trinajstić information content (AvgIpc) is 3.69. The van der Waals surface area contributed by atoms with Crippen molar-refractivity contribution in [3.8, 4) is 0 Å². The van der Waals surface area contributed by atoms with Crippen LogP contribution in [0.4, 0.5) is 0 Å². The molecule has 17 heteroatoms. The van der Waals surface area contributed by atoms with Crippen LogP contribution < -0.4 is 10.6 Å². The van der Waals surface area contributed by atoms with Crippen molar-refractivity contribution in [2.24, 2.45) is 0 Å². The Morgan fingerprint density at radius 3 is 1.44 bits per heavy atom. The first-order chi connectivity index (χ1) is 28.5. The first-order valence-corrected chi connectivity index (χ1v) is 21.0. The third-order valence-electron chi connectivity index (χ3n) is 12.3. The fourth-order valence-corrected chi connectivity index (χ4v) is 9.29. The van der Waals surface area contributed by atoms with Gasteiger partial charge in [-0.2, -0.15) is 0 Å². The molecule has 328 valence electrons. The number of piperidine rings is 4. The molecule has 0 bridgehead atoms. The molecule has 4 fully saturated rings. The van der Waals surface area contributed by atoms with Crippen molar-refractivity contribution in [2.75, 3.05) is 39.3 Å². The van der Waals surface area contributed by atoms with Crippen molar-refractivity contribution >= 4 is 59.8 Å². The molecule has 61 heavy (non-hydrogen) atoms. The monoisotopic (exact) mass is 862 g/mol. The van der Waals surface area contributed by atoms with E-state index in [1.807, 2.05) is 49.9 Å². The van der Waals surface area contributed by atoms with E-state index in [4.69, 9.17) is 9.84 Å². The second kappa shape index (κ2) is 18.8. The SMILES string of the molecule is CC(C)(C)OC(=O)CN1CCC(c2ccc3c(c2)CN(C2CCC(=O)NC2=O)C3=O)CC1.Cl.O=C(O)CN1CCC(c2ccc3c(c2)CN(C2CCC(=O)NC2=O)C3=O)CC1. The van der Waals surface area contributed by atoms with E-state index < -0.39 is 29.6 Å². The summed E-state index contributed by atoms with van der Waals surface area (Å²) in [7, 11) is 0. The first-order valence-electron chi connectivity index (χ1n) is 21.0. The number of fused-ring (bicyclic) bond motifs is 2. The molecule has 8 rings (SSSR count). The molecular formula is C44H55ClN6O10. The van der Waals surface area contributed by atoms with Crippen LogP contribution >= 0.6 is 12.4 Å². The molecule has 0 radical (unpaired) electrons. The Balaban J connectivity index is 0.000000202. The topological polar surface area (TPSA) is 203 Å². The number of hydrogen-bond acceptors (Lipinski definition) is 11. The minimum absolute atomic E-state index is 0. The minimum Gasteiger partial charge on any atom is -0.480 e. The van der Waals surface area contributed by atoms with Gasteiger partial charge in [0.05, 0.1) is 13.1 Å². The third kappa shape index (κ3) is 10.6. The van der Waals surface area contributed by atoms with Crippen LogP contribution in [0.15, 0.2) is 36.4 Å². The maximum atomic E-state index is 12.9. The molecule has 6 aliphatic rings. The average molecular weight is 863 g/mol. The Hall–Kier alpha value is -5.19. The fourth-order valence-electron chi connectivity index (χ4n) is 9.29. The highest BCUT2D eigenvalue weighted by molar-refractivity contribution is 6.06. The predicted octanol–water partition coefficient (Wildman–Crippen LogP) is 3.10. The number of imide groups is 2. The Bertz CT molecular complexity index is 2090. The minimum atomic E-state index is -0.803. The largest absolute Gasteiger partial charge is 0.480 e. The number of nitrogens with one attached hydrogen (secondary N) is 2. The zero-order valence-corrected chi connectivity index (χ0v) is 35.7. The highest BCUT2D eigenvalue weighted by Crippen LogP contribution is 2.35. The van der Waals surface area contributed by atoms with Crippen LogP contribution in [-0.4, -0.2) is 129 Å². The highest BCUT2D eigenvalue weighted by atomic mass is 35.5. The van der Waals surface area contributed by atoms with Crippen LogP contribution in [0.2, 0.25) is 0 Å². The summed E-state index contributed by atoms with van der Waals surface area (Å²) in [5.74, 6) is -1.95. The number of likely N-dealkylation sites (tertiary alicyclic amines) is 2. The van der Waals surface area contributed by atoms with Crippen LogP contribution in [-0.2, 0) is 46.6 Å². The molecule has 0 spiro atoms. The molecule has 2 aromatic rings. The van der Waals surface area contributed by atoms with E-state index in [1.165, 1.54) is 5.56 Å². The number of esters is 1. The molecular weight excluding hydrogens is 808 g/mol. The number of halogens is 1. The molecule has 2 atom stereocenters. The zero-order valence-electron chi connectivity index (χ0n) is 34.9. The number of carboxylic acids is 1. The van der Waals surface area contributed by atoms with Gasteiger partial charge in [0.1, 0.15) is 17.7 Å². The van der Waals surface area contributed by atoms with E-state index >= 15 is 0 Å². The summed E-state index contributed by atoms with van der Waals surface area (Å²) >= 11 is 0. The van der Waals surface area contributed by atoms with Gasteiger partial charge in [0.15, 0.2) is 0 Å². The number of hydrogen-bond donors (Lipinski definition) is 3. The van der Waals surface area contributed by atoms with Gasteiger partial charge in [0.2, 0.25) is 23.6 Å². The predicted molar refractivity (Wildman–Crippen MR) is 223 cm³/mol. The van der Waals surface area contributed by atoms with Crippen LogP contribution in [0.1, 0.15) is 127 Å². The Morgan fingerprint density at radius 1 is 0.656 bits per heavy atom. The van der Waals surface area contributed by atoms with Gasteiger partial charge in [0.25, 0.3) is 11.8 Å². The molecule has 4 saturated heterocycles. The maximum Gasteiger partial charge on any atom is 0.320 e. The molecule has 0 aromatic heterocycles. The summed E-state index contributed by atoms with van der Waals surface area (Å²) in [6.45, 7) is 9.91. The molecule has 0 saturated carbocycles. The smallest absolute Gasteiger partial charge is 0.320 e. The first kappa shape index (κ1) is 45.3. The van der Waals surface area contributed by atoms with Crippen molar-refractivity contribution < 1.29 is 48.2 Å². The lowest BCUT2D eigenvalue weighted by atomic mass is 9.88. The quantitative estimate of drug-likeness (QED) is 0.259. The van der Waals surface area contributed by atoms with Crippen LogP contribution in [0.5, 0.6) is 0 Å². The van der Waals surface area contributed by atoms with Crippen molar-refractivity contribution in [1.82, 2.24) is 30.2 Å². The summed E-state index contributed by atoms with van der Waals surface area (Å²) in [6, 6.07) is 10.6. The number of carbonyl (C=O) groups is 8. The van der Waals surface area contributed by atoms with Crippen molar-refractivity contribution in [3.63, 3.8) is 0 Å². The molecule has 16 nitrogen and oxygen atoms in total. The van der Waals surface area contributed by atoms with Crippen LogP contribution in [0.25, 0.3) is 0 Å². The molecule has 6 aliphatic heterocycles. The molecule has 6 amide bonds. The maximum absolute atomic E-state index is 12.9. The number of carbonyl (C=O) groups excluding carboxylic acids is 7. The summed E-state index contributed by atoms with van der Waals surface area (Å²) < 4.78 is 5.42. The second-order valence-electron chi connectivity index (χ2n) is 17.7. The van der Waals surface area contributed by atoms with E-state index in [0.29, 0.717) is 55.4 Å². The van der Waals surface area contributed by atoms with Gasteiger partial charge < -0.3 is 19.6 Å². The lowest BCUT2D eigenvalue weighted by Crippen LogP contribution is -2.52. The number of carboxylic acid groups (broad SMARTS) is 1. The van der Waals surface area contributed by atoms with Gasteiger partial charge in [-0.1, -0.05) is 24.3 Å². The normalized spacial score (nSPS) is 22.7. The summed E-state index contributed by atoms with van der Waals surface area (Å²) in [5.41, 5.74) is 5.00. The van der Waals surface area contributed by atoms with E-state index in [2.05, 4.69) is 27.7 Å². The standard InChI is InChI=1S/C24H31N3O5.C20H23N3O5.ClH/c1-24(2,3)32-21(29)14-26-10-8-15(9-11-26)16-4-5-18-17(12-16)13-27(23(18)31)19-6-7-20(28)25-22(19)30;24-17-4-3-16(19(27)21-17)23-10-14-9-13(1-2-15(14)20(23)28)12-5-7-22(8-6-12)11-18(25)26;/h4-5,12,15,19H,6-11,13-14H2,1-3H3,(H,25,28,30);1-2,9,12,16H,3-8,10-11H2,(H,25,26)(H,21,24,27);1H. The number of ether oxygens (including phenoxy) is 1. The Labute approximate surface area is 361 Å².